The average Bonchev–Trinajstić information content (AvgIpc) is 2.64. The van der Waals surface area contributed by atoms with E-state index in [2.05, 4.69) is 10.3 Å². The summed E-state index contributed by atoms with van der Waals surface area (Å²) in [5, 5.41) is 3.04. The van der Waals surface area contributed by atoms with Crippen LogP contribution in [-0.2, 0) is 4.79 Å². The lowest BCUT2D eigenvalue weighted by Crippen LogP contribution is -2.48. The number of anilines is 1. The van der Waals surface area contributed by atoms with Gasteiger partial charge in [-0.05, 0) is 49.7 Å². The van der Waals surface area contributed by atoms with E-state index in [0.717, 1.165) is 31.4 Å². The van der Waals surface area contributed by atoms with Gasteiger partial charge in [-0.2, -0.15) is 0 Å². The largest absolute Gasteiger partial charge is 0.455 e. The van der Waals surface area contributed by atoms with Gasteiger partial charge in [-0.1, -0.05) is 24.6 Å². The maximum Gasteiger partial charge on any atom is 0.227 e. The highest BCUT2D eigenvalue weighted by molar-refractivity contribution is 5.93. The summed E-state index contributed by atoms with van der Waals surface area (Å²) >= 11 is 0. The van der Waals surface area contributed by atoms with Gasteiger partial charge in [0.1, 0.15) is 11.4 Å². The Labute approximate surface area is 154 Å². The molecule has 2 aliphatic carbocycles. The SMILES string of the molecule is NC1C2CCCC1CC(C(=O)Nc1cnccc1Oc1ccccc1)C2. The van der Waals surface area contributed by atoms with Crippen molar-refractivity contribution >= 4 is 11.6 Å². The van der Waals surface area contributed by atoms with Crippen molar-refractivity contribution in [3.63, 3.8) is 0 Å². The second kappa shape index (κ2) is 7.46. The Bertz CT molecular complexity index is 751. The first-order chi connectivity index (χ1) is 12.7. The van der Waals surface area contributed by atoms with E-state index in [1.54, 1.807) is 18.5 Å². The number of benzene rings is 1. The van der Waals surface area contributed by atoms with Crippen LogP contribution >= 0.6 is 0 Å². The summed E-state index contributed by atoms with van der Waals surface area (Å²) in [6.07, 6.45) is 8.63. The first-order valence-electron chi connectivity index (χ1n) is 9.44. The Morgan fingerprint density at radius 1 is 1.12 bits per heavy atom. The van der Waals surface area contributed by atoms with E-state index in [1.165, 1.54) is 6.42 Å². The van der Waals surface area contributed by atoms with Gasteiger partial charge in [0.05, 0.1) is 6.20 Å². The third-order valence-corrected chi connectivity index (χ3v) is 5.79. The van der Waals surface area contributed by atoms with Crippen LogP contribution in [0.15, 0.2) is 48.8 Å². The fourth-order valence-electron chi connectivity index (χ4n) is 4.42. The molecule has 0 saturated heterocycles. The van der Waals surface area contributed by atoms with E-state index >= 15 is 0 Å². The fraction of sp³-hybridized carbons (Fsp3) is 0.429. The molecule has 2 aliphatic rings. The van der Waals surface area contributed by atoms with Crippen LogP contribution < -0.4 is 15.8 Å². The predicted molar refractivity (Wildman–Crippen MR) is 101 cm³/mol. The Morgan fingerprint density at radius 2 is 1.85 bits per heavy atom. The number of amides is 1. The minimum Gasteiger partial charge on any atom is -0.455 e. The predicted octanol–water partition coefficient (Wildman–Crippen LogP) is 3.97. The molecule has 2 saturated carbocycles. The van der Waals surface area contributed by atoms with Crippen LogP contribution in [0.25, 0.3) is 0 Å². The second-order valence-corrected chi connectivity index (χ2v) is 7.47. The van der Waals surface area contributed by atoms with Crippen LogP contribution in [0.2, 0.25) is 0 Å². The lowest BCUT2D eigenvalue weighted by atomic mass is 9.65. The van der Waals surface area contributed by atoms with Gasteiger partial charge in [0.15, 0.2) is 5.75 Å². The van der Waals surface area contributed by atoms with E-state index in [1.807, 2.05) is 30.3 Å². The molecule has 26 heavy (non-hydrogen) atoms. The van der Waals surface area contributed by atoms with Gasteiger partial charge in [0.25, 0.3) is 0 Å². The normalized spacial score (nSPS) is 27.6. The topological polar surface area (TPSA) is 77.2 Å². The van der Waals surface area contributed by atoms with Gasteiger partial charge < -0.3 is 15.8 Å². The number of rotatable bonds is 4. The summed E-state index contributed by atoms with van der Waals surface area (Å²) in [5.74, 6) is 2.37. The molecule has 2 unspecified atom stereocenters. The first-order valence-corrected chi connectivity index (χ1v) is 9.44. The van der Waals surface area contributed by atoms with E-state index in [9.17, 15) is 4.79 Å². The summed E-state index contributed by atoms with van der Waals surface area (Å²) < 4.78 is 5.91. The minimum absolute atomic E-state index is 0.0230. The summed E-state index contributed by atoms with van der Waals surface area (Å²) in [4.78, 5) is 17.0. The Hall–Kier alpha value is -2.40. The van der Waals surface area contributed by atoms with Gasteiger partial charge in [-0.25, -0.2) is 0 Å². The number of carbonyl (C=O) groups is 1. The molecule has 3 N–H and O–H groups in total. The average molecular weight is 351 g/mol. The Balaban J connectivity index is 1.46. The number of carbonyl (C=O) groups excluding carboxylic acids is 1. The number of nitrogens with two attached hydrogens (primary N) is 1. The van der Waals surface area contributed by atoms with Crippen LogP contribution in [0.4, 0.5) is 5.69 Å². The van der Waals surface area contributed by atoms with Crippen LogP contribution in [0.5, 0.6) is 11.5 Å². The molecule has 1 aromatic heterocycles. The second-order valence-electron chi connectivity index (χ2n) is 7.47. The van der Waals surface area contributed by atoms with E-state index in [0.29, 0.717) is 23.3 Å². The van der Waals surface area contributed by atoms with E-state index < -0.39 is 0 Å². The lowest BCUT2D eigenvalue weighted by molar-refractivity contribution is -0.122. The molecule has 4 rings (SSSR count). The van der Waals surface area contributed by atoms with Crippen LogP contribution in [-0.4, -0.2) is 16.9 Å². The molecule has 2 aromatic rings. The number of hydrogen-bond acceptors (Lipinski definition) is 4. The molecule has 1 aromatic carbocycles. The van der Waals surface area contributed by atoms with Crippen molar-refractivity contribution in [1.82, 2.24) is 4.98 Å². The highest BCUT2D eigenvalue weighted by Crippen LogP contribution is 2.42. The number of nitrogens with zero attached hydrogens (tertiary/aromatic N) is 1. The molecule has 2 bridgehead atoms. The van der Waals surface area contributed by atoms with Crippen molar-refractivity contribution in [2.45, 2.75) is 38.1 Å². The number of pyridine rings is 1. The molecular formula is C21H25N3O2. The molecule has 5 nitrogen and oxygen atoms in total. The zero-order valence-corrected chi connectivity index (χ0v) is 14.8. The number of aromatic nitrogens is 1. The van der Waals surface area contributed by atoms with Gasteiger partial charge in [0.2, 0.25) is 5.91 Å². The Morgan fingerprint density at radius 3 is 2.58 bits per heavy atom. The molecule has 2 fully saturated rings. The summed E-state index contributed by atoms with van der Waals surface area (Å²) in [6, 6.07) is 11.6. The molecule has 0 aliphatic heterocycles. The summed E-state index contributed by atoms with van der Waals surface area (Å²) in [5.41, 5.74) is 6.96. The highest BCUT2D eigenvalue weighted by Gasteiger charge is 2.40. The maximum absolute atomic E-state index is 12.9. The Kier molecular flexibility index (Phi) is 4.89. The fourth-order valence-corrected chi connectivity index (χ4v) is 4.42. The van der Waals surface area contributed by atoms with Crippen LogP contribution in [0.1, 0.15) is 32.1 Å². The molecule has 5 heteroatoms. The zero-order chi connectivity index (χ0) is 17.9. The van der Waals surface area contributed by atoms with Gasteiger partial charge in [0, 0.05) is 24.2 Å². The number of nitrogens with one attached hydrogen (secondary N) is 1. The quantitative estimate of drug-likeness (QED) is 0.874. The maximum atomic E-state index is 12.9. The van der Waals surface area contributed by atoms with Crippen molar-refractivity contribution in [2.24, 2.45) is 23.5 Å². The number of fused-ring (bicyclic) bond motifs is 2. The lowest BCUT2D eigenvalue weighted by Gasteiger charge is -2.43. The number of para-hydroxylation sites is 1. The number of hydrogen-bond donors (Lipinski definition) is 2. The smallest absolute Gasteiger partial charge is 0.227 e. The standard InChI is InChI=1S/C21H25N3O2/c22-20-14-5-4-6-15(20)12-16(11-14)21(25)24-18-13-23-10-9-19(18)26-17-7-2-1-3-8-17/h1-3,7-10,13-16,20H,4-6,11-12,22H2,(H,24,25). The van der Waals surface area contributed by atoms with E-state index in [4.69, 9.17) is 10.5 Å². The van der Waals surface area contributed by atoms with Crippen molar-refractivity contribution in [1.29, 1.82) is 0 Å². The van der Waals surface area contributed by atoms with Crippen molar-refractivity contribution in [2.75, 3.05) is 5.32 Å². The van der Waals surface area contributed by atoms with Gasteiger partial charge >= 0.3 is 0 Å². The van der Waals surface area contributed by atoms with Gasteiger partial charge in [-0.3, -0.25) is 9.78 Å². The monoisotopic (exact) mass is 351 g/mol. The van der Waals surface area contributed by atoms with Gasteiger partial charge in [-0.15, -0.1) is 0 Å². The molecular weight excluding hydrogens is 326 g/mol. The highest BCUT2D eigenvalue weighted by atomic mass is 16.5. The third-order valence-electron chi connectivity index (χ3n) is 5.79. The molecule has 1 amide bonds. The number of ether oxygens (including phenoxy) is 1. The van der Waals surface area contributed by atoms with Crippen molar-refractivity contribution in [3.05, 3.63) is 48.8 Å². The van der Waals surface area contributed by atoms with E-state index in [-0.39, 0.29) is 17.9 Å². The summed E-state index contributed by atoms with van der Waals surface area (Å²) in [6.45, 7) is 0. The zero-order valence-electron chi connectivity index (χ0n) is 14.8. The van der Waals surface area contributed by atoms with Crippen LogP contribution in [0.3, 0.4) is 0 Å². The molecule has 136 valence electrons. The third kappa shape index (κ3) is 3.58. The minimum atomic E-state index is 0.0230. The molecule has 2 atom stereocenters. The van der Waals surface area contributed by atoms with Crippen LogP contribution in [0, 0.1) is 17.8 Å². The molecule has 1 heterocycles. The molecule has 0 radical (unpaired) electrons. The summed E-state index contributed by atoms with van der Waals surface area (Å²) in [7, 11) is 0. The first kappa shape index (κ1) is 17.0. The molecule has 0 spiro atoms. The van der Waals surface area contributed by atoms with Crippen molar-refractivity contribution in [3.8, 4) is 11.5 Å². The van der Waals surface area contributed by atoms with Crippen molar-refractivity contribution < 1.29 is 9.53 Å².